The number of phenols is 1. The number of methoxy groups -OCH3 is 2. The lowest BCUT2D eigenvalue weighted by molar-refractivity contribution is -0.159. The lowest BCUT2D eigenvalue weighted by Gasteiger charge is -2.51. The molecule has 32 heavy (non-hydrogen) atoms. The van der Waals surface area contributed by atoms with Crippen LogP contribution in [-0.4, -0.2) is 59.7 Å². The number of aromatic hydroxyl groups is 1. The summed E-state index contributed by atoms with van der Waals surface area (Å²) in [4.78, 5) is 13.8. The number of piperidine rings is 1. The maximum atomic E-state index is 11.9. The first-order chi connectivity index (χ1) is 15.5. The van der Waals surface area contributed by atoms with Gasteiger partial charge in [0.25, 0.3) is 0 Å². The molecule has 0 unspecified atom stereocenters. The normalized spacial score (nSPS) is 20.8. The van der Waals surface area contributed by atoms with Crippen LogP contribution in [0.3, 0.4) is 0 Å². The maximum Gasteiger partial charge on any atom is 0.219 e. The molecule has 0 bridgehead atoms. The molecule has 1 atom stereocenters. The van der Waals surface area contributed by atoms with Crippen LogP contribution in [0.5, 0.6) is 23.0 Å². The minimum Gasteiger partial charge on any atom is -0.504 e. The van der Waals surface area contributed by atoms with E-state index in [4.69, 9.17) is 19.3 Å². The zero-order chi connectivity index (χ0) is 22.5. The number of phenolic OH excluding ortho intramolecular Hbond substituents is 1. The number of carbonyl (C=O) groups excluding carboxylic acids is 1. The second-order valence-electron chi connectivity index (χ2n) is 8.43. The van der Waals surface area contributed by atoms with Gasteiger partial charge in [0, 0.05) is 50.4 Å². The standard InChI is InChI=1S/C24H27N3O5/c1-15(28)26-11-9-24(10-12-26)27-19(17-5-4-6-21(30-2)23(17)32-24)14-18(25-27)16-7-8-20(29)22(13-16)31-3/h4-8,13,19,29H,9-12,14H2,1-3H3/t19-/m1/s1. The molecule has 1 fully saturated rings. The molecule has 8 nitrogen and oxygen atoms in total. The van der Waals surface area contributed by atoms with Crippen molar-refractivity contribution in [3.63, 3.8) is 0 Å². The average molecular weight is 437 g/mol. The Kier molecular flexibility index (Phi) is 4.87. The number of nitrogens with zero attached hydrogens (tertiary/aromatic N) is 3. The van der Waals surface area contributed by atoms with Crippen molar-refractivity contribution in [1.82, 2.24) is 9.91 Å². The third-order valence-electron chi connectivity index (χ3n) is 6.71. The summed E-state index contributed by atoms with van der Waals surface area (Å²) in [7, 11) is 3.18. The zero-order valence-corrected chi connectivity index (χ0v) is 18.5. The molecule has 1 saturated heterocycles. The molecule has 1 amide bonds. The maximum absolute atomic E-state index is 11.9. The molecule has 5 rings (SSSR count). The first-order valence-electron chi connectivity index (χ1n) is 10.8. The molecule has 3 aliphatic heterocycles. The summed E-state index contributed by atoms with van der Waals surface area (Å²) in [6, 6.07) is 11.2. The highest BCUT2D eigenvalue weighted by molar-refractivity contribution is 6.02. The number of para-hydroxylation sites is 1. The van der Waals surface area contributed by atoms with Crippen molar-refractivity contribution in [1.29, 1.82) is 0 Å². The van der Waals surface area contributed by atoms with Crippen LogP contribution < -0.4 is 14.2 Å². The van der Waals surface area contributed by atoms with E-state index in [0.717, 1.165) is 22.6 Å². The van der Waals surface area contributed by atoms with Gasteiger partial charge in [-0.2, -0.15) is 5.10 Å². The molecule has 0 saturated carbocycles. The number of hydrazone groups is 1. The lowest BCUT2D eigenvalue weighted by atomic mass is 9.90. The van der Waals surface area contributed by atoms with Gasteiger partial charge < -0.3 is 24.2 Å². The predicted molar refractivity (Wildman–Crippen MR) is 118 cm³/mol. The van der Waals surface area contributed by atoms with Crippen molar-refractivity contribution in [2.24, 2.45) is 5.10 Å². The first kappa shape index (κ1) is 20.5. The van der Waals surface area contributed by atoms with Crippen LogP contribution in [0.15, 0.2) is 41.5 Å². The Hall–Kier alpha value is -3.42. The quantitative estimate of drug-likeness (QED) is 0.793. The van der Waals surface area contributed by atoms with Gasteiger partial charge in [0.1, 0.15) is 0 Å². The third kappa shape index (κ3) is 3.13. The Bertz CT molecular complexity index is 1090. The number of carbonyl (C=O) groups is 1. The largest absolute Gasteiger partial charge is 0.504 e. The van der Waals surface area contributed by atoms with Crippen LogP contribution in [0, 0.1) is 0 Å². The minimum absolute atomic E-state index is 0.00692. The van der Waals surface area contributed by atoms with Crippen LogP contribution in [0.1, 0.15) is 43.4 Å². The van der Waals surface area contributed by atoms with E-state index in [-0.39, 0.29) is 17.7 Å². The summed E-state index contributed by atoms with van der Waals surface area (Å²) < 4.78 is 17.6. The molecule has 1 spiro atoms. The summed E-state index contributed by atoms with van der Waals surface area (Å²) in [5.74, 6) is 2.05. The predicted octanol–water partition coefficient (Wildman–Crippen LogP) is 3.29. The zero-order valence-electron chi connectivity index (χ0n) is 18.5. The molecule has 3 aliphatic rings. The SMILES string of the molecule is COc1cc(C2=NN3[C@H](C2)c2cccc(OC)c2OC32CCN(C(C)=O)CC2)ccc1O. The van der Waals surface area contributed by atoms with Crippen molar-refractivity contribution in [3.8, 4) is 23.0 Å². The summed E-state index contributed by atoms with van der Waals surface area (Å²) in [5, 5.41) is 17.1. The summed E-state index contributed by atoms with van der Waals surface area (Å²) >= 11 is 0. The van der Waals surface area contributed by atoms with Crippen molar-refractivity contribution >= 4 is 11.6 Å². The molecule has 2 aromatic carbocycles. The molecule has 168 valence electrons. The summed E-state index contributed by atoms with van der Waals surface area (Å²) in [6.45, 7) is 2.83. The van der Waals surface area contributed by atoms with E-state index >= 15 is 0 Å². The molecular formula is C24H27N3O5. The molecular weight excluding hydrogens is 410 g/mol. The second-order valence-corrected chi connectivity index (χ2v) is 8.43. The summed E-state index contributed by atoms with van der Waals surface area (Å²) in [5.41, 5.74) is 2.19. The number of amides is 1. The number of hydrogen-bond acceptors (Lipinski definition) is 7. The van der Waals surface area contributed by atoms with Crippen LogP contribution >= 0.6 is 0 Å². The topological polar surface area (TPSA) is 83.8 Å². The molecule has 1 N–H and O–H groups in total. The Morgan fingerprint density at radius 1 is 1.16 bits per heavy atom. The highest BCUT2D eigenvalue weighted by Gasteiger charge is 2.52. The van der Waals surface area contributed by atoms with Gasteiger partial charge in [-0.3, -0.25) is 4.79 Å². The van der Waals surface area contributed by atoms with Gasteiger partial charge in [-0.25, -0.2) is 5.01 Å². The van der Waals surface area contributed by atoms with Gasteiger partial charge in [-0.1, -0.05) is 12.1 Å². The van der Waals surface area contributed by atoms with E-state index in [1.54, 1.807) is 20.1 Å². The van der Waals surface area contributed by atoms with E-state index in [0.29, 0.717) is 43.9 Å². The number of benzene rings is 2. The minimum atomic E-state index is -0.652. The Labute approximate surface area is 187 Å². The summed E-state index contributed by atoms with van der Waals surface area (Å²) in [6.07, 6.45) is 1.99. The highest BCUT2D eigenvalue weighted by Crippen LogP contribution is 2.52. The third-order valence-corrected chi connectivity index (χ3v) is 6.71. The Morgan fingerprint density at radius 2 is 1.91 bits per heavy atom. The van der Waals surface area contributed by atoms with Gasteiger partial charge in [0.2, 0.25) is 11.6 Å². The first-order valence-corrected chi connectivity index (χ1v) is 10.8. The molecule has 2 aromatic rings. The van der Waals surface area contributed by atoms with Gasteiger partial charge in [0.15, 0.2) is 23.0 Å². The monoisotopic (exact) mass is 437 g/mol. The van der Waals surface area contributed by atoms with Crippen molar-refractivity contribution in [2.75, 3.05) is 27.3 Å². The van der Waals surface area contributed by atoms with Gasteiger partial charge in [-0.05, 0) is 24.3 Å². The highest BCUT2D eigenvalue weighted by atomic mass is 16.5. The van der Waals surface area contributed by atoms with E-state index in [1.807, 2.05) is 29.2 Å². The number of fused-ring (bicyclic) bond motifs is 4. The Morgan fingerprint density at radius 3 is 2.59 bits per heavy atom. The number of rotatable bonds is 3. The average Bonchev–Trinajstić information content (AvgIpc) is 3.26. The van der Waals surface area contributed by atoms with Crippen LogP contribution in [0.25, 0.3) is 0 Å². The van der Waals surface area contributed by atoms with Crippen LogP contribution in [0.2, 0.25) is 0 Å². The fourth-order valence-corrected chi connectivity index (χ4v) is 4.96. The van der Waals surface area contributed by atoms with Crippen LogP contribution in [-0.2, 0) is 4.79 Å². The van der Waals surface area contributed by atoms with Gasteiger partial charge in [-0.15, -0.1) is 0 Å². The van der Waals surface area contributed by atoms with Crippen LogP contribution in [0.4, 0.5) is 0 Å². The smallest absolute Gasteiger partial charge is 0.219 e. The molecule has 0 radical (unpaired) electrons. The van der Waals surface area contributed by atoms with Crippen molar-refractivity contribution in [2.45, 2.75) is 38.0 Å². The molecule has 0 aromatic heterocycles. The Balaban J connectivity index is 1.57. The number of ether oxygens (including phenoxy) is 3. The van der Waals surface area contributed by atoms with Gasteiger partial charge >= 0.3 is 0 Å². The molecule has 8 heteroatoms. The fourth-order valence-electron chi connectivity index (χ4n) is 4.96. The lowest BCUT2D eigenvalue weighted by Crippen LogP contribution is -2.59. The fraction of sp³-hybridized carbons (Fsp3) is 0.417. The van der Waals surface area contributed by atoms with Crippen molar-refractivity contribution < 1.29 is 24.1 Å². The van der Waals surface area contributed by atoms with E-state index < -0.39 is 5.72 Å². The van der Waals surface area contributed by atoms with E-state index in [2.05, 4.69) is 11.1 Å². The molecule has 3 heterocycles. The number of hydrogen-bond donors (Lipinski definition) is 1. The van der Waals surface area contributed by atoms with Crippen molar-refractivity contribution in [3.05, 3.63) is 47.5 Å². The molecule has 0 aliphatic carbocycles. The second kappa shape index (κ2) is 7.62. The van der Waals surface area contributed by atoms with Gasteiger partial charge in [0.05, 0.1) is 26.0 Å². The van der Waals surface area contributed by atoms with E-state index in [1.165, 1.54) is 7.11 Å². The van der Waals surface area contributed by atoms with E-state index in [9.17, 15) is 9.90 Å². The number of likely N-dealkylation sites (tertiary alicyclic amines) is 1.